The van der Waals surface area contributed by atoms with Crippen molar-refractivity contribution < 1.29 is 14.7 Å². The molecule has 1 saturated heterocycles. The Labute approximate surface area is 225 Å². The topological polar surface area (TPSA) is 76.1 Å². The molecule has 4 aliphatic rings. The van der Waals surface area contributed by atoms with Crippen molar-refractivity contribution in [2.24, 2.45) is 5.92 Å². The second-order valence-electron chi connectivity index (χ2n) is 11.8. The number of rotatable bonds is 4. The molecule has 7 nitrogen and oxygen atoms in total. The van der Waals surface area contributed by atoms with Crippen molar-refractivity contribution in [3.05, 3.63) is 59.7 Å². The molecule has 2 aromatic carbocycles. The minimum atomic E-state index is -1.14. The summed E-state index contributed by atoms with van der Waals surface area (Å²) in [7, 11) is 0. The normalized spacial score (nSPS) is 25.3. The fourth-order valence-electron chi connectivity index (χ4n) is 6.81. The molecule has 2 amide bonds. The SMILES string of the molecule is CC1(C2CCCCCCC2)c2ccccc2NN1c1ccc(C(=O)N2CCN(C(=O)C3(O)CC3)CC2)cc1. The zero-order valence-electron chi connectivity index (χ0n) is 22.5. The number of carbonyl (C=O) groups excluding carboxylic acids is 2. The van der Waals surface area contributed by atoms with E-state index in [9.17, 15) is 14.7 Å². The van der Waals surface area contributed by atoms with Crippen LogP contribution in [0.2, 0.25) is 0 Å². The number of carbonyl (C=O) groups is 2. The number of amides is 2. The molecule has 3 fully saturated rings. The molecule has 6 rings (SSSR count). The fourth-order valence-corrected chi connectivity index (χ4v) is 6.81. The van der Waals surface area contributed by atoms with E-state index in [-0.39, 0.29) is 17.4 Å². The van der Waals surface area contributed by atoms with Crippen molar-refractivity contribution in [2.75, 3.05) is 36.6 Å². The second kappa shape index (κ2) is 9.92. The van der Waals surface area contributed by atoms with Crippen LogP contribution in [0.25, 0.3) is 0 Å². The number of aliphatic hydroxyl groups is 1. The number of fused-ring (bicyclic) bond motifs is 1. The van der Waals surface area contributed by atoms with Crippen LogP contribution in [-0.2, 0) is 10.3 Å². The van der Waals surface area contributed by atoms with Crippen LogP contribution in [0.3, 0.4) is 0 Å². The third-order valence-electron chi connectivity index (χ3n) is 9.42. The lowest BCUT2D eigenvalue weighted by molar-refractivity contribution is -0.143. The lowest BCUT2D eigenvalue weighted by Gasteiger charge is -2.43. The van der Waals surface area contributed by atoms with Crippen LogP contribution in [0.15, 0.2) is 48.5 Å². The lowest BCUT2D eigenvalue weighted by atomic mass is 9.73. The van der Waals surface area contributed by atoms with Gasteiger partial charge in [0.25, 0.3) is 11.8 Å². The van der Waals surface area contributed by atoms with Crippen LogP contribution in [0.5, 0.6) is 0 Å². The summed E-state index contributed by atoms with van der Waals surface area (Å²) in [5.41, 5.74) is 6.65. The van der Waals surface area contributed by atoms with Crippen LogP contribution in [0.1, 0.15) is 80.6 Å². The van der Waals surface area contributed by atoms with Crippen LogP contribution >= 0.6 is 0 Å². The predicted molar refractivity (Wildman–Crippen MR) is 149 cm³/mol. The Balaban J connectivity index is 1.18. The first-order valence-corrected chi connectivity index (χ1v) is 14.5. The average Bonchev–Trinajstić information content (AvgIpc) is 3.61. The van der Waals surface area contributed by atoms with Gasteiger partial charge in [-0.1, -0.05) is 50.3 Å². The molecule has 1 unspecified atom stereocenters. The molecule has 202 valence electrons. The monoisotopic (exact) mass is 516 g/mol. The number of piperazine rings is 1. The van der Waals surface area contributed by atoms with Crippen molar-refractivity contribution in [3.63, 3.8) is 0 Å². The minimum absolute atomic E-state index is 0.00534. The van der Waals surface area contributed by atoms with E-state index in [0.717, 1.165) is 5.69 Å². The van der Waals surface area contributed by atoms with Crippen LogP contribution < -0.4 is 10.4 Å². The minimum Gasteiger partial charge on any atom is -0.380 e. The van der Waals surface area contributed by atoms with Gasteiger partial charge in [-0.05, 0) is 68.9 Å². The molecule has 2 heterocycles. The van der Waals surface area contributed by atoms with E-state index >= 15 is 0 Å². The Morgan fingerprint density at radius 2 is 1.45 bits per heavy atom. The number of hydrogen-bond acceptors (Lipinski definition) is 5. The second-order valence-corrected chi connectivity index (χ2v) is 11.8. The van der Waals surface area contributed by atoms with Gasteiger partial charge in [-0.2, -0.15) is 0 Å². The number of benzene rings is 2. The first-order chi connectivity index (χ1) is 18.4. The Bertz CT molecular complexity index is 1180. The molecular formula is C31H40N4O3. The van der Waals surface area contributed by atoms with Gasteiger partial charge in [-0.3, -0.25) is 20.0 Å². The van der Waals surface area contributed by atoms with E-state index in [0.29, 0.717) is 50.5 Å². The summed E-state index contributed by atoms with van der Waals surface area (Å²) < 4.78 is 0. The summed E-state index contributed by atoms with van der Waals surface area (Å²) in [6, 6.07) is 16.7. The highest BCUT2D eigenvalue weighted by atomic mass is 16.3. The van der Waals surface area contributed by atoms with Gasteiger partial charge in [0, 0.05) is 37.3 Å². The predicted octanol–water partition coefficient (Wildman–Crippen LogP) is 4.92. The van der Waals surface area contributed by atoms with Gasteiger partial charge in [0.1, 0.15) is 5.60 Å². The average molecular weight is 517 g/mol. The van der Waals surface area contributed by atoms with Gasteiger partial charge in [0.15, 0.2) is 0 Å². The van der Waals surface area contributed by atoms with Crippen molar-refractivity contribution in [1.29, 1.82) is 0 Å². The number of nitrogens with one attached hydrogen (secondary N) is 1. The maximum atomic E-state index is 13.3. The maximum absolute atomic E-state index is 13.3. The first kappa shape index (κ1) is 25.2. The molecule has 2 saturated carbocycles. The highest BCUT2D eigenvalue weighted by Gasteiger charge is 2.50. The van der Waals surface area contributed by atoms with Gasteiger partial charge in [-0.25, -0.2) is 0 Å². The molecule has 0 radical (unpaired) electrons. The standard InChI is InChI=1S/C31H40N4O3/c1-30(24-9-5-3-2-4-6-10-24)26-11-7-8-12-27(26)32-35(30)25-15-13-23(14-16-25)28(36)33-19-21-34(22-20-33)29(37)31(38)17-18-31/h7-8,11-16,24,32,38H,2-6,9-10,17-22H2,1H3. The van der Waals surface area contributed by atoms with E-state index in [1.54, 1.807) is 4.90 Å². The fraction of sp³-hybridized carbons (Fsp3) is 0.548. The van der Waals surface area contributed by atoms with Gasteiger partial charge in [0.2, 0.25) is 0 Å². The zero-order chi connectivity index (χ0) is 26.3. The first-order valence-electron chi connectivity index (χ1n) is 14.5. The summed E-state index contributed by atoms with van der Waals surface area (Å²) >= 11 is 0. The molecule has 0 spiro atoms. The Morgan fingerprint density at radius 3 is 2.11 bits per heavy atom. The molecule has 2 aliphatic carbocycles. The molecule has 2 N–H and O–H groups in total. The Hall–Kier alpha value is -3.06. The largest absolute Gasteiger partial charge is 0.380 e. The van der Waals surface area contributed by atoms with Crippen molar-refractivity contribution in [3.8, 4) is 0 Å². The summed E-state index contributed by atoms with van der Waals surface area (Å²) in [5.74, 6) is 0.364. The van der Waals surface area contributed by atoms with E-state index < -0.39 is 5.60 Å². The Kier molecular flexibility index (Phi) is 6.58. The van der Waals surface area contributed by atoms with Gasteiger partial charge in [-0.15, -0.1) is 0 Å². The molecule has 38 heavy (non-hydrogen) atoms. The number of para-hydroxylation sites is 1. The van der Waals surface area contributed by atoms with Crippen LogP contribution in [0.4, 0.5) is 11.4 Å². The maximum Gasteiger partial charge on any atom is 0.254 e. The highest BCUT2D eigenvalue weighted by Crippen LogP contribution is 2.50. The van der Waals surface area contributed by atoms with E-state index in [1.165, 1.54) is 56.2 Å². The van der Waals surface area contributed by atoms with Crippen molar-refractivity contribution in [2.45, 2.75) is 75.9 Å². The van der Waals surface area contributed by atoms with Crippen LogP contribution in [-0.4, -0.2) is 58.5 Å². The van der Waals surface area contributed by atoms with E-state index in [2.05, 4.69) is 53.8 Å². The lowest BCUT2D eigenvalue weighted by Crippen LogP contribution is -2.53. The molecule has 2 aromatic rings. The number of hydrazine groups is 1. The molecule has 0 aromatic heterocycles. The molecular weight excluding hydrogens is 476 g/mol. The number of anilines is 2. The molecule has 2 aliphatic heterocycles. The van der Waals surface area contributed by atoms with E-state index in [1.807, 2.05) is 17.0 Å². The van der Waals surface area contributed by atoms with Crippen molar-refractivity contribution in [1.82, 2.24) is 9.80 Å². The van der Waals surface area contributed by atoms with Gasteiger partial charge in [0.05, 0.1) is 16.9 Å². The molecule has 7 heteroatoms. The van der Waals surface area contributed by atoms with Gasteiger partial charge >= 0.3 is 0 Å². The third-order valence-corrected chi connectivity index (χ3v) is 9.42. The van der Waals surface area contributed by atoms with Crippen molar-refractivity contribution >= 4 is 23.2 Å². The molecule has 0 bridgehead atoms. The number of nitrogens with zero attached hydrogens (tertiary/aromatic N) is 3. The summed E-state index contributed by atoms with van der Waals surface area (Å²) in [5, 5.41) is 12.5. The summed E-state index contributed by atoms with van der Waals surface area (Å²) in [6.45, 7) is 4.31. The quantitative estimate of drug-likeness (QED) is 0.603. The molecule has 1 atom stereocenters. The van der Waals surface area contributed by atoms with E-state index in [4.69, 9.17) is 0 Å². The highest BCUT2D eigenvalue weighted by molar-refractivity contribution is 5.95. The zero-order valence-corrected chi connectivity index (χ0v) is 22.5. The van der Waals surface area contributed by atoms with Gasteiger partial charge < -0.3 is 14.9 Å². The smallest absolute Gasteiger partial charge is 0.254 e. The summed E-state index contributed by atoms with van der Waals surface area (Å²) in [4.78, 5) is 29.2. The van der Waals surface area contributed by atoms with Crippen LogP contribution in [0, 0.1) is 5.92 Å². The number of hydrogen-bond donors (Lipinski definition) is 2. The third kappa shape index (κ3) is 4.45. The Morgan fingerprint density at radius 1 is 0.842 bits per heavy atom. The summed E-state index contributed by atoms with van der Waals surface area (Å²) in [6.07, 6.45) is 10.1.